The summed E-state index contributed by atoms with van der Waals surface area (Å²) in [4.78, 5) is 9.82. The lowest BCUT2D eigenvalue weighted by molar-refractivity contribution is 0.545. The van der Waals surface area contributed by atoms with Crippen LogP contribution < -0.4 is 5.73 Å². The third-order valence-corrected chi connectivity index (χ3v) is 8.28. The van der Waals surface area contributed by atoms with Crippen LogP contribution in [0.1, 0.15) is 28.9 Å². The molecule has 8 rings (SSSR count). The Hall–Kier alpha value is -5.68. The fraction of sp³-hybridized carbons (Fsp3) is 0.0769. The molecule has 0 aliphatic heterocycles. The molecule has 212 valence electrons. The molecule has 0 saturated carbocycles. The molecule has 0 radical (unpaired) electrons. The maximum absolute atomic E-state index is 6.44. The van der Waals surface area contributed by atoms with Crippen molar-refractivity contribution in [1.82, 2.24) is 0 Å². The van der Waals surface area contributed by atoms with Gasteiger partial charge in [0.15, 0.2) is 5.84 Å². The molecule has 0 atom stereocenters. The molecule has 2 heterocycles. The van der Waals surface area contributed by atoms with Crippen LogP contribution in [0.2, 0.25) is 0 Å². The van der Waals surface area contributed by atoms with Gasteiger partial charge < -0.3 is 14.6 Å². The average Bonchev–Trinajstić information content (AvgIpc) is 3.65. The highest BCUT2D eigenvalue weighted by Crippen LogP contribution is 2.39. The number of allylic oxidation sites excluding steroid dienone is 1. The molecule has 2 N–H and O–H groups in total. The molecule has 0 saturated heterocycles. The van der Waals surface area contributed by atoms with E-state index >= 15 is 0 Å². The van der Waals surface area contributed by atoms with Gasteiger partial charge in [0.2, 0.25) is 0 Å². The van der Waals surface area contributed by atoms with E-state index in [0.29, 0.717) is 18.2 Å². The summed E-state index contributed by atoms with van der Waals surface area (Å²) in [6, 6.07) is 40.9. The number of aryl methyl sites for hydroxylation is 1. The fourth-order valence-electron chi connectivity index (χ4n) is 6.11. The summed E-state index contributed by atoms with van der Waals surface area (Å²) in [6.45, 7) is 0.467. The number of amidine groups is 2. The lowest BCUT2D eigenvalue weighted by atomic mass is 9.92. The molecule has 1 aliphatic carbocycles. The summed E-state index contributed by atoms with van der Waals surface area (Å²) in [7, 11) is 0. The third-order valence-electron chi connectivity index (χ3n) is 8.28. The van der Waals surface area contributed by atoms with E-state index in [1.54, 1.807) is 0 Å². The standard InChI is InChI=1S/C39H29N3O2/c40-38(25-10-3-1-4-11-25)42-39(26-12-5-2-6-13-26)41-24-29-14-9-17-36-37(29)32-23-28(19-21-35(32)44-36)27-18-20-34-31(22-27)30-15-7-8-16-33(30)43-34/h1-8,10-16,18-23H,9,17,24H2,(H2,40,41,42). The highest BCUT2D eigenvalue weighted by Gasteiger charge is 2.22. The van der Waals surface area contributed by atoms with Gasteiger partial charge >= 0.3 is 0 Å². The Balaban J connectivity index is 1.18. The van der Waals surface area contributed by atoms with E-state index in [1.165, 1.54) is 0 Å². The largest absolute Gasteiger partial charge is 0.460 e. The number of para-hydroxylation sites is 1. The minimum Gasteiger partial charge on any atom is -0.460 e. The van der Waals surface area contributed by atoms with E-state index in [9.17, 15) is 0 Å². The quantitative estimate of drug-likeness (QED) is 0.165. The van der Waals surface area contributed by atoms with Crippen molar-refractivity contribution in [1.29, 1.82) is 0 Å². The zero-order valence-electron chi connectivity index (χ0n) is 24.0. The predicted molar refractivity (Wildman–Crippen MR) is 180 cm³/mol. The molecule has 0 fully saturated rings. The van der Waals surface area contributed by atoms with Crippen molar-refractivity contribution in [2.24, 2.45) is 15.7 Å². The second-order valence-corrected chi connectivity index (χ2v) is 11.1. The number of aliphatic imine (C=N–C) groups is 2. The van der Waals surface area contributed by atoms with Gasteiger partial charge in [0, 0.05) is 39.3 Å². The fourth-order valence-corrected chi connectivity index (χ4v) is 6.11. The number of fused-ring (bicyclic) bond motifs is 6. The minimum absolute atomic E-state index is 0.437. The van der Waals surface area contributed by atoms with Crippen molar-refractivity contribution in [3.05, 3.63) is 150 Å². The van der Waals surface area contributed by atoms with Gasteiger partial charge in [0.25, 0.3) is 0 Å². The summed E-state index contributed by atoms with van der Waals surface area (Å²) < 4.78 is 12.5. The molecule has 2 aromatic heterocycles. The van der Waals surface area contributed by atoms with Crippen LogP contribution in [0.15, 0.2) is 146 Å². The van der Waals surface area contributed by atoms with Crippen LogP contribution >= 0.6 is 0 Å². The summed E-state index contributed by atoms with van der Waals surface area (Å²) in [5.41, 5.74) is 15.5. The van der Waals surface area contributed by atoms with Gasteiger partial charge in [0.1, 0.15) is 28.3 Å². The second-order valence-electron chi connectivity index (χ2n) is 11.1. The number of hydrogen-bond acceptors (Lipinski definition) is 3. The second kappa shape index (κ2) is 10.9. The van der Waals surface area contributed by atoms with E-state index in [0.717, 1.165) is 84.9 Å². The molecular formula is C39H29N3O2. The number of furan rings is 2. The molecule has 5 aromatic carbocycles. The molecule has 5 nitrogen and oxygen atoms in total. The van der Waals surface area contributed by atoms with Gasteiger partial charge in [-0.15, -0.1) is 0 Å². The third kappa shape index (κ3) is 4.69. The highest BCUT2D eigenvalue weighted by atomic mass is 16.3. The predicted octanol–water partition coefficient (Wildman–Crippen LogP) is 9.18. The monoisotopic (exact) mass is 571 g/mol. The topological polar surface area (TPSA) is 77.0 Å². The van der Waals surface area contributed by atoms with Gasteiger partial charge in [-0.05, 0) is 53.5 Å². The molecule has 5 heteroatoms. The van der Waals surface area contributed by atoms with Crippen molar-refractivity contribution in [3.8, 4) is 11.1 Å². The molecule has 0 bridgehead atoms. The first-order valence-electron chi connectivity index (χ1n) is 14.9. The van der Waals surface area contributed by atoms with E-state index in [-0.39, 0.29) is 0 Å². The lowest BCUT2D eigenvalue weighted by Crippen LogP contribution is -2.16. The van der Waals surface area contributed by atoms with E-state index < -0.39 is 0 Å². The summed E-state index contributed by atoms with van der Waals surface area (Å²) in [5.74, 6) is 2.05. The Labute approximate surface area is 254 Å². The van der Waals surface area contributed by atoms with Gasteiger partial charge in [-0.25, -0.2) is 4.99 Å². The molecule has 0 unspecified atom stereocenters. The molecule has 44 heavy (non-hydrogen) atoms. The van der Waals surface area contributed by atoms with Gasteiger partial charge in [-0.2, -0.15) is 0 Å². The van der Waals surface area contributed by atoms with Crippen molar-refractivity contribution >= 4 is 50.2 Å². The van der Waals surface area contributed by atoms with Gasteiger partial charge in [0.05, 0.1) is 6.54 Å². The number of hydrogen-bond donors (Lipinski definition) is 1. The Morgan fingerprint density at radius 1 is 0.636 bits per heavy atom. The smallest absolute Gasteiger partial charge is 0.157 e. The summed E-state index contributed by atoms with van der Waals surface area (Å²) in [6.07, 6.45) is 4.05. The first-order chi connectivity index (χ1) is 21.7. The first-order valence-corrected chi connectivity index (χ1v) is 14.9. The van der Waals surface area contributed by atoms with Crippen LogP contribution in [-0.4, -0.2) is 18.2 Å². The normalized spacial score (nSPS) is 13.9. The molecule has 7 aromatic rings. The lowest BCUT2D eigenvalue weighted by Gasteiger charge is -2.13. The minimum atomic E-state index is 0.437. The molecule has 0 amide bonds. The SMILES string of the molecule is N/C(=N\C(=N/CC1=CCCc2oc3ccc(-c4ccc5oc6ccccc6c5c4)cc3c21)c1ccccc1)c1ccccc1. The van der Waals surface area contributed by atoms with E-state index in [4.69, 9.17) is 24.6 Å². The number of nitrogens with zero attached hydrogens (tertiary/aromatic N) is 2. The Bertz CT molecular complexity index is 2250. The van der Waals surface area contributed by atoms with Crippen molar-refractivity contribution in [2.75, 3.05) is 6.54 Å². The highest BCUT2D eigenvalue weighted by molar-refractivity contribution is 6.11. The maximum Gasteiger partial charge on any atom is 0.157 e. The van der Waals surface area contributed by atoms with Gasteiger partial charge in [-0.3, -0.25) is 4.99 Å². The maximum atomic E-state index is 6.44. The molecular weight excluding hydrogens is 542 g/mol. The van der Waals surface area contributed by atoms with Crippen LogP contribution in [-0.2, 0) is 6.42 Å². The number of benzene rings is 5. The van der Waals surface area contributed by atoms with Crippen molar-refractivity contribution in [2.45, 2.75) is 12.8 Å². The summed E-state index contributed by atoms with van der Waals surface area (Å²) >= 11 is 0. The summed E-state index contributed by atoms with van der Waals surface area (Å²) in [5, 5.41) is 3.34. The van der Waals surface area contributed by atoms with Gasteiger partial charge in [-0.1, -0.05) is 97.1 Å². The van der Waals surface area contributed by atoms with Crippen LogP contribution in [0.25, 0.3) is 49.6 Å². The number of nitrogens with two attached hydrogens (primary N) is 1. The van der Waals surface area contributed by atoms with Crippen LogP contribution in [0.3, 0.4) is 0 Å². The zero-order chi connectivity index (χ0) is 29.5. The zero-order valence-corrected chi connectivity index (χ0v) is 24.0. The molecule has 0 spiro atoms. The van der Waals surface area contributed by atoms with Crippen molar-refractivity contribution < 1.29 is 8.83 Å². The number of rotatable bonds is 5. The Morgan fingerprint density at radius 3 is 2.05 bits per heavy atom. The van der Waals surface area contributed by atoms with Crippen molar-refractivity contribution in [3.63, 3.8) is 0 Å². The average molecular weight is 572 g/mol. The Kier molecular flexibility index (Phi) is 6.42. The molecule has 1 aliphatic rings. The van der Waals surface area contributed by atoms with Crippen LogP contribution in [0.4, 0.5) is 0 Å². The van der Waals surface area contributed by atoms with E-state index in [1.807, 2.05) is 72.8 Å². The van der Waals surface area contributed by atoms with Crippen LogP contribution in [0, 0.1) is 0 Å². The first kappa shape index (κ1) is 26.0. The Morgan fingerprint density at radius 2 is 1.27 bits per heavy atom. The van der Waals surface area contributed by atoms with Crippen LogP contribution in [0.5, 0.6) is 0 Å². The van der Waals surface area contributed by atoms with E-state index in [2.05, 4.69) is 54.6 Å².